The number of primary amides is 1. The van der Waals surface area contributed by atoms with E-state index >= 15 is 0 Å². The molecule has 0 heterocycles. The fourth-order valence-electron chi connectivity index (χ4n) is 1.65. The molecule has 0 aliphatic rings. The van der Waals surface area contributed by atoms with Crippen LogP contribution in [0.4, 0.5) is 4.39 Å². The minimum atomic E-state index is -0.624. The number of carbonyl (C=O) groups excluding carboxylic acids is 2. The van der Waals surface area contributed by atoms with Crippen LogP contribution in [0.15, 0.2) is 18.2 Å². The summed E-state index contributed by atoms with van der Waals surface area (Å²) < 4.78 is 18.4. The van der Waals surface area contributed by atoms with Crippen molar-refractivity contribution < 1.29 is 18.7 Å². The Morgan fingerprint density at radius 1 is 1.43 bits per heavy atom. The van der Waals surface area contributed by atoms with Crippen molar-refractivity contribution in [1.29, 1.82) is 0 Å². The minimum Gasteiger partial charge on any atom is -0.383 e. The van der Waals surface area contributed by atoms with E-state index in [0.717, 1.165) is 0 Å². The molecule has 1 unspecified atom stereocenters. The zero-order valence-electron chi connectivity index (χ0n) is 12.1. The molecule has 1 rings (SSSR count). The molecule has 7 heteroatoms. The van der Waals surface area contributed by atoms with Gasteiger partial charge >= 0.3 is 0 Å². The molecule has 4 N–H and O–H groups in total. The summed E-state index contributed by atoms with van der Waals surface area (Å²) in [5, 5.41) is 5.56. The fourth-order valence-corrected chi connectivity index (χ4v) is 1.65. The minimum absolute atomic E-state index is 0.117. The Bertz CT molecular complexity index is 508. The molecular weight excluding hydrogens is 277 g/mol. The molecule has 0 radical (unpaired) electrons. The van der Waals surface area contributed by atoms with Crippen molar-refractivity contribution in [3.63, 3.8) is 0 Å². The molecule has 0 aliphatic heterocycles. The average Bonchev–Trinajstić information content (AvgIpc) is 2.45. The van der Waals surface area contributed by atoms with Crippen LogP contribution in [0.1, 0.15) is 22.8 Å². The second kappa shape index (κ2) is 8.33. The fraction of sp³-hybridized carbons (Fsp3) is 0.429. The summed E-state index contributed by atoms with van der Waals surface area (Å²) in [4.78, 5) is 22.8. The number of nitrogens with one attached hydrogen (secondary N) is 2. The Labute approximate surface area is 122 Å². The molecule has 0 fully saturated rings. The van der Waals surface area contributed by atoms with Crippen LogP contribution in [0.2, 0.25) is 0 Å². The van der Waals surface area contributed by atoms with Crippen LogP contribution < -0.4 is 16.4 Å². The van der Waals surface area contributed by atoms with E-state index in [2.05, 4.69) is 10.6 Å². The zero-order valence-corrected chi connectivity index (χ0v) is 12.1. The Hall–Kier alpha value is -1.99. The van der Waals surface area contributed by atoms with Gasteiger partial charge in [0.25, 0.3) is 0 Å². The third-order valence-corrected chi connectivity index (χ3v) is 2.93. The number of hydrogen-bond donors (Lipinski definition) is 3. The number of ether oxygens (including phenoxy) is 1. The van der Waals surface area contributed by atoms with E-state index in [1.807, 2.05) is 0 Å². The van der Waals surface area contributed by atoms with Crippen LogP contribution in [0.25, 0.3) is 0 Å². The number of nitrogens with two attached hydrogens (primary N) is 1. The first-order chi connectivity index (χ1) is 9.95. The molecule has 116 valence electrons. The van der Waals surface area contributed by atoms with E-state index in [1.54, 1.807) is 14.0 Å². The highest BCUT2D eigenvalue weighted by Gasteiger charge is 2.13. The van der Waals surface area contributed by atoms with Gasteiger partial charge in [0, 0.05) is 31.3 Å². The van der Waals surface area contributed by atoms with Crippen LogP contribution in [0.3, 0.4) is 0 Å². The second-order valence-electron chi connectivity index (χ2n) is 4.56. The van der Waals surface area contributed by atoms with Crippen LogP contribution in [-0.2, 0) is 16.1 Å². The third kappa shape index (κ3) is 5.49. The maximum atomic E-state index is 13.6. The number of methoxy groups -OCH3 is 1. The molecule has 1 aromatic rings. The van der Waals surface area contributed by atoms with Gasteiger partial charge in [0.1, 0.15) is 5.82 Å². The van der Waals surface area contributed by atoms with Gasteiger partial charge in [-0.05, 0) is 25.1 Å². The predicted molar refractivity (Wildman–Crippen MR) is 76.1 cm³/mol. The Morgan fingerprint density at radius 2 is 2.14 bits per heavy atom. The van der Waals surface area contributed by atoms with E-state index in [9.17, 15) is 14.0 Å². The van der Waals surface area contributed by atoms with Crippen molar-refractivity contribution in [2.75, 3.05) is 20.3 Å². The molecule has 1 atom stereocenters. The Kier molecular flexibility index (Phi) is 6.77. The van der Waals surface area contributed by atoms with Gasteiger partial charge in [-0.3, -0.25) is 9.59 Å². The van der Waals surface area contributed by atoms with Gasteiger partial charge < -0.3 is 21.1 Å². The summed E-state index contributed by atoms with van der Waals surface area (Å²) in [6.45, 7) is 2.62. The lowest BCUT2D eigenvalue weighted by molar-refractivity contribution is -0.123. The van der Waals surface area contributed by atoms with Crippen LogP contribution in [0.5, 0.6) is 0 Å². The first-order valence-corrected chi connectivity index (χ1v) is 6.54. The van der Waals surface area contributed by atoms with E-state index in [0.29, 0.717) is 13.2 Å². The standard InChI is InChI=1S/C14H20FN3O3/c1-9(14(20)17-5-6-21-2)18-8-11-7-10(13(16)19)3-4-12(11)15/h3-4,7,9,18H,5-6,8H2,1-2H3,(H2,16,19)(H,17,20). The summed E-state index contributed by atoms with van der Waals surface area (Å²) in [6.07, 6.45) is 0. The maximum absolute atomic E-state index is 13.6. The largest absolute Gasteiger partial charge is 0.383 e. The van der Waals surface area contributed by atoms with Gasteiger partial charge in [0.2, 0.25) is 11.8 Å². The Balaban J connectivity index is 2.56. The van der Waals surface area contributed by atoms with Gasteiger partial charge in [0.15, 0.2) is 0 Å². The SMILES string of the molecule is COCCNC(=O)C(C)NCc1cc(C(N)=O)ccc1F. The summed E-state index contributed by atoms with van der Waals surface area (Å²) in [5.74, 6) is -1.29. The average molecular weight is 297 g/mol. The second-order valence-corrected chi connectivity index (χ2v) is 4.56. The topological polar surface area (TPSA) is 93.4 Å². The number of hydrogen-bond acceptors (Lipinski definition) is 4. The molecule has 1 aromatic carbocycles. The number of carbonyl (C=O) groups is 2. The first-order valence-electron chi connectivity index (χ1n) is 6.54. The van der Waals surface area contributed by atoms with Crippen LogP contribution in [-0.4, -0.2) is 38.1 Å². The van der Waals surface area contributed by atoms with E-state index in [4.69, 9.17) is 10.5 Å². The quantitative estimate of drug-likeness (QED) is 0.596. The van der Waals surface area contributed by atoms with Gasteiger partial charge in [-0.2, -0.15) is 0 Å². The van der Waals surface area contributed by atoms with E-state index in [-0.39, 0.29) is 23.6 Å². The molecule has 0 saturated carbocycles. The highest BCUT2D eigenvalue weighted by molar-refractivity contribution is 5.92. The van der Waals surface area contributed by atoms with Crippen molar-refractivity contribution in [2.24, 2.45) is 5.73 Å². The highest BCUT2D eigenvalue weighted by Crippen LogP contribution is 2.10. The summed E-state index contributed by atoms with van der Waals surface area (Å²) in [6, 6.07) is 3.38. The summed E-state index contributed by atoms with van der Waals surface area (Å²) in [7, 11) is 1.54. The lowest BCUT2D eigenvalue weighted by Gasteiger charge is -2.14. The van der Waals surface area contributed by atoms with Crippen molar-refractivity contribution in [2.45, 2.75) is 19.5 Å². The molecule has 2 amide bonds. The van der Waals surface area contributed by atoms with Crippen molar-refractivity contribution in [3.05, 3.63) is 35.1 Å². The molecule has 0 saturated heterocycles. The molecule has 0 spiro atoms. The van der Waals surface area contributed by atoms with E-state index in [1.165, 1.54) is 18.2 Å². The van der Waals surface area contributed by atoms with Crippen molar-refractivity contribution in [3.8, 4) is 0 Å². The molecule has 21 heavy (non-hydrogen) atoms. The highest BCUT2D eigenvalue weighted by atomic mass is 19.1. The molecular formula is C14H20FN3O3. The number of amides is 2. The number of rotatable bonds is 8. The van der Waals surface area contributed by atoms with Gasteiger partial charge in [-0.1, -0.05) is 0 Å². The van der Waals surface area contributed by atoms with Crippen molar-refractivity contribution in [1.82, 2.24) is 10.6 Å². The lowest BCUT2D eigenvalue weighted by Crippen LogP contribution is -2.42. The molecule has 0 aliphatic carbocycles. The smallest absolute Gasteiger partial charge is 0.248 e. The normalized spacial score (nSPS) is 12.0. The monoisotopic (exact) mass is 297 g/mol. The maximum Gasteiger partial charge on any atom is 0.248 e. The van der Waals surface area contributed by atoms with Gasteiger partial charge in [0.05, 0.1) is 12.6 Å². The predicted octanol–water partition coefficient (Wildman–Crippen LogP) is 0.165. The number of halogens is 1. The van der Waals surface area contributed by atoms with Gasteiger partial charge in [-0.25, -0.2) is 4.39 Å². The van der Waals surface area contributed by atoms with Gasteiger partial charge in [-0.15, -0.1) is 0 Å². The third-order valence-electron chi connectivity index (χ3n) is 2.93. The number of benzene rings is 1. The van der Waals surface area contributed by atoms with Crippen molar-refractivity contribution >= 4 is 11.8 Å². The molecule has 0 aromatic heterocycles. The summed E-state index contributed by atoms with van der Waals surface area (Å²) >= 11 is 0. The summed E-state index contributed by atoms with van der Waals surface area (Å²) in [5.41, 5.74) is 5.65. The lowest BCUT2D eigenvalue weighted by atomic mass is 10.1. The molecule has 6 nitrogen and oxygen atoms in total. The molecule has 0 bridgehead atoms. The van der Waals surface area contributed by atoms with E-state index < -0.39 is 17.8 Å². The zero-order chi connectivity index (χ0) is 15.8. The van der Waals surface area contributed by atoms with Crippen LogP contribution in [0, 0.1) is 5.82 Å². The first kappa shape index (κ1) is 17.1. The Morgan fingerprint density at radius 3 is 2.76 bits per heavy atom. The van der Waals surface area contributed by atoms with Crippen LogP contribution >= 0.6 is 0 Å².